The summed E-state index contributed by atoms with van der Waals surface area (Å²) in [6.45, 7) is 2.42. The van der Waals surface area contributed by atoms with Crippen LogP contribution in [0.1, 0.15) is 31.7 Å². The molecule has 116 valence electrons. The molecule has 0 saturated carbocycles. The molecular formula is C23H19N. The third-order valence-corrected chi connectivity index (χ3v) is 6.35. The Morgan fingerprint density at radius 2 is 1.71 bits per heavy atom. The van der Waals surface area contributed by atoms with Crippen LogP contribution < -0.4 is 5.32 Å². The zero-order valence-electron chi connectivity index (χ0n) is 13.8. The fraction of sp³-hybridized carbons (Fsp3) is 0.217. The summed E-state index contributed by atoms with van der Waals surface area (Å²) >= 11 is 0. The van der Waals surface area contributed by atoms with E-state index in [2.05, 4.69) is 66.8 Å². The minimum absolute atomic E-state index is 0.159. The molecule has 1 unspecified atom stereocenters. The molecule has 6 rings (SSSR count). The molecule has 0 fully saturated rings. The molecule has 1 N–H and O–H groups in total. The van der Waals surface area contributed by atoms with Gasteiger partial charge in [-0.3, -0.25) is 0 Å². The molecule has 0 saturated heterocycles. The molecule has 0 spiro atoms. The maximum absolute atomic E-state index is 3.79. The van der Waals surface area contributed by atoms with E-state index < -0.39 is 0 Å². The molecule has 3 aromatic rings. The van der Waals surface area contributed by atoms with Gasteiger partial charge in [0.25, 0.3) is 0 Å². The zero-order valence-corrected chi connectivity index (χ0v) is 13.8. The van der Waals surface area contributed by atoms with Crippen molar-refractivity contribution in [1.82, 2.24) is 0 Å². The van der Waals surface area contributed by atoms with Crippen molar-refractivity contribution < 1.29 is 0 Å². The van der Waals surface area contributed by atoms with E-state index in [0.29, 0.717) is 0 Å². The predicted octanol–water partition coefficient (Wildman–Crippen LogP) is 6.24. The van der Waals surface area contributed by atoms with Gasteiger partial charge in [0.1, 0.15) is 0 Å². The number of allylic oxidation sites excluding steroid dienone is 2. The smallest absolute Gasteiger partial charge is 0.0504 e. The third kappa shape index (κ3) is 1.34. The first-order valence-electron chi connectivity index (χ1n) is 8.95. The van der Waals surface area contributed by atoms with Gasteiger partial charge in [0, 0.05) is 16.5 Å². The van der Waals surface area contributed by atoms with Crippen LogP contribution in [-0.4, -0.2) is 0 Å². The second-order valence-corrected chi connectivity index (χ2v) is 7.59. The van der Waals surface area contributed by atoms with E-state index in [1.165, 1.54) is 69.2 Å². The molecule has 1 atom stereocenters. The van der Waals surface area contributed by atoms with Crippen molar-refractivity contribution in [2.24, 2.45) is 0 Å². The van der Waals surface area contributed by atoms with Gasteiger partial charge in [0.2, 0.25) is 0 Å². The van der Waals surface area contributed by atoms with Gasteiger partial charge < -0.3 is 5.32 Å². The Balaban J connectivity index is 1.78. The Hall–Kier alpha value is -2.54. The Labute approximate surface area is 142 Å². The van der Waals surface area contributed by atoms with E-state index in [1.807, 2.05) is 0 Å². The van der Waals surface area contributed by atoms with E-state index in [9.17, 15) is 0 Å². The van der Waals surface area contributed by atoms with Gasteiger partial charge in [-0.25, -0.2) is 0 Å². The number of hydrogen-bond donors (Lipinski definition) is 1. The summed E-state index contributed by atoms with van der Waals surface area (Å²) in [6, 6.07) is 18.1. The zero-order chi connectivity index (χ0) is 15.9. The standard InChI is InChI=1S/C23H19N/c1-23-12-5-4-11-20(23)24-22-17-10-6-9-16-14-7-2-3-8-15(14)18(21(16)17)13-19(22)23/h2-3,6-11,13,24H,4-5,12H2,1H3. The van der Waals surface area contributed by atoms with Gasteiger partial charge >= 0.3 is 0 Å². The Kier molecular flexibility index (Phi) is 2.19. The quantitative estimate of drug-likeness (QED) is 0.405. The largest absolute Gasteiger partial charge is 0.358 e. The Morgan fingerprint density at radius 3 is 2.58 bits per heavy atom. The number of hydrogen-bond acceptors (Lipinski definition) is 1. The fourth-order valence-corrected chi connectivity index (χ4v) is 5.11. The summed E-state index contributed by atoms with van der Waals surface area (Å²) in [7, 11) is 0. The van der Waals surface area contributed by atoms with Crippen molar-refractivity contribution in [2.45, 2.75) is 31.6 Å². The summed E-state index contributed by atoms with van der Waals surface area (Å²) in [5.74, 6) is 0. The van der Waals surface area contributed by atoms with Gasteiger partial charge in [-0.1, -0.05) is 48.5 Å². The predicted molar refractivity (Wildman–Crippen MR) is 101 cm³/mol. The number of anilines is 1. The highest BCUT2D eigenvalue weighted by atomic mass is 15.0. The van der Waals surface area contributed by atoms with Crippen LogP contribution in [0.3, 0.4) is 0 Å². The average Bonchev–Trinajstić information content (AvgIpc) is 3.10. The number of benzene rings is 3. The molecule has 24 heavy (non-hydrogen) atoms. The molecule has 3 aliphatic rings. The average molecular weight is 309 g/mol. The van der Waals surface area contributed by atoms with E-state index in [4.69, 9.17) is 0 Å². The molecule has 2 aliphatic carbocycles. The molecule has 0 bridgehead atoms. The lowest BCUT2D eigenvalue weighted by Crippen LogP contribution is -2.24. The number of nitrogens with one attached hydrogen (secondary N) is 1. The summed E-state index contributed by atoms with van der Waals surface area (Å²) in [5.41, 5.74) is 9.99. The summed E-state index contributed by atoms with van der Waals surface area (Å²) in [6.07, 6.45) is 6.14. The number of fused-ring (bicyclic) bond motifs is 7. The van der Waals surface area contributed by atoms with Crippen LogP contribution in [0.25, 0.3) is 33.0 Å². The van der Waals surface area contributed by atoms with Crippen molar-refractivity contribution in [3.8, 4) is 22.3 Å². The normalized spacial score (nSPS) is 22.6. The van der Waals surface area contributed by atoms with Crippen molar-refractivity contribution in [2.75, 3.05) is 5.32 Å². The highest BCUT2D eigenvalue weighted by molar-refractivity contribution is 6.19. The first-order valence-corrected chi connectivity index (χ1v) is 8.95. The van der Waals surface area contributed by atoms with Crippen LogP contribution in [0.2, 0.25) is 0 Å². The minimum atomic E-state index is 0.159. The topological polar surface area (TPSA) is 12.0 Å². The van der Waals surface area contributed by atoms with Crippen molar-refractivity contribution in [1.29, 1.82) is 0 Å². The van der Waals surface area contributed by atoms with E-state index in [0.717, 1.165) is 0 Å². The van der Waals surface area contributed by atoms with Crippen molar-refractivity contribution >= 4 is 16.5 Å². The first-order chi connectivity index (χ1) is 11.8. The molecule has 1 nitrogen and oxygen atoms in total. The summed E-state index contributed by atoms with van der Waals surface area (Å²) in [4.78, 5) is 0. The molecule has 3 aromatic carbocycles. The van der Waals surface area contributed by atoms with E-state index >= 15 is 0 Å². The molecule has 0 radical (unpaired) electrons. The summed E-state index contributed by atoms with van der Waals surface area (Å²) in [5, 5.41) is 6.60. The van der Waals surface area contributed by atoms with Crippen molar-refractivity contribution in [3.05, 3.63) is 65.9 Å². The van der Waals surface area contributed by atoms with Crippen LogP contribution in [0, 0.1) is 0 Å². The lowest BCUT2D eigenvalue weighted by atomic mass is 9.73. The molecular weight excluding hydrogens is 290 g/mol. The van der Waals surface area contributed by atoms with E-state index in [-0.39, 0.29) is 5.41 Å². The van der Waals surface area contributed by atoms with E-state index in [1.54, 1.807) is 0 Å². The van der Waals surface area contributed by atoms with Crippen LogP contribution in [0.5, 0.6) is 0 Å². The van der Waals surface area contributed by atoms with Gasteiger partial charge in [0.15, 0.2) is 0 Å². The maximum atomic E-state index is 3.79. The molecule has 1 heteroatoms. The second kappa shape index (κ2) is 4.10. The molecule has 1 heterocycles. The van der Waals surface area contributed by atoms with Gasteiger partial charge in [-0.05, 0) is 65.5 Å². The van der Waals surface area contributed by atoms with Crippen molar-refractivity contribution in [3.63, 3.8) is 0 Å². The lowest BCUT2D eigenvalue weighted by Gasteiger charge is -2.30. The first kappa shape index (κ1) is 12.8. The fourth-order valence-electron chi connectivity index (χ4n) is 5.11. The second-order valence-electron chi connectivity index (χ2n) is 7.59. The van der Waals surface area contributed by atoms with Gasteiger partial charge in [0.05, 0.1) is 5.69 Å². The SMILES string of the molecule is CC12CCCC=C1Nc1c2cc2c3c(cccc13)-c1ccccc1-2. The van der Waals surface area contributed by atoms with Gasteiger partial charge in [-0.15, -0.1) is 0 Å². The van der Waals surface area contributed by atoms with Crippen LogP contribution in [-0.2, 0) is 5.41 Å². The number of rotatable bonds is 0. The molecule has 0 aromatic heterocycles. The van der Waals surface area contributed by atoms with Crippen LogP contribution >= 0.6 is 0 Å². The minimum Gasteiger partial charge on any atom is -0.358 e. The van der Waals surface area contributed by atoms with Crippen LogP contribution in [0.4, 0.5) is 5.69 Å². The Morgan fingerprint density at radius 1 is 0.917 bits per heavy atom. The maximum Gasteiger partial charge on any atom is 0.0504 e. The molecule has 0 amide bonds. The van der Waals surface area contributed by atoms with Gasteiger partial charge in [-0.2, -0.15) is 0 Å². The monoisotopic (exact) mass is 309 g/mol. The highest BCUT2D eigenvalue weighted by Crippen LogP contribution is 2.56. The highest BCUT2D eigenvalue weighted by Gasteiger charge is 2.42. The third-order valence-electron chi connectivity index (χ3n) is 6.35. The van der Waals surface area contributed by atoms with Crippen LogP contribution in [0.15, 0.2) is 60.3 Å². The summed E-state index contributed by atoms with van der Waals surface area (Å²) < 4.78 is 0. The lowest BCUT2D eigenvalue weighted by molar-refractivity contribution is 0.483. The Bertz CT molecular complexity index is 1070. The molecule has 1 aliphatic heterocycles.